The fourth-order valence-electron chi connectivity index (χ4n) is 5.72. The minimum Gasteiger partial charge on any atom is -0.508 e. The predicted molar refractivity (Wildman–Crippen MR) is 88.7 cm³/mol. The van der Waals surface area contributed by atoms with E-state index in [0.29, 0.717) is 30.5 Å². The van der Waals surface area contributed by atoms with Crippen molar-refractivity contribution in [2.24, 2.45) is 17.3 Å². The molecular formula is C20H24O4. The average molecular weight is 328 g/mol. The van der Waals surface area contributed by atoms with Crippen molar-refractivity contribution < 1.29 is 19.4 Å². The normalized spacial score (nSPS) is 37.3. The van der Waals surface area contributed by atoms with Crippen LogP contribution in [0.2, 0.25) is 0 Å². The minimum absolute atomic E-state index is 0.141. The maximum atomic E-state index is 12.6. The first-order valence-electron chi connectivity index (χ1n) is 8.92. The van der Waals surface area contributed by atoms with E-state index in [-0.39, 0.29) is 29.2 Å². The lowest BCUT2D eigenvalue weighted by Gasteiger charge is -2.51. The second-order valence-electron chi connectivity index (χ2n) is 7.95. The zero-order valence-electron chi connectivity index (χ0n) is 14.2. The molecule has 4 nitrogen and oxygen atoms in total. The summed E-state index contributed by atoms with van der Waals surface area (Å²) >= 11 is 0. The fraction of sp³-hybridized carbons (Fsp3) is 0.600. The third-order valence-corrected chi connectivity index (χ3v) is 6.69. The number of aryl methyl sites for hydroxylation is 1. The summed E-state index contributed by atoms with van der Waals surface area (Å²) in [5.41, 5.74) is 1.99. The Morgan fingerprint density at radius 1 is 1.29 bits per heavy atom. The van der Waals surface area contributed by atoms with Crippen LogP contribution in [0.25, 0.3) is 0 Å². The molecule has 2 fully saturated rings. The largest absolute Gasteiger partial charge is 0.508 e. The summed E-state index contributed by atoms with van der Waals surface area (Å²) in [6.07, 6.45) is 3.89. The Hall–Kier alpha value is -1.84. The highest BCUT2D eigenvalue weighted by Crippen LogP contribution is 2.60. The number of carbonyl (C=O) groups excluding carboxylic acids is 2. The number of phenols is 1. The number of fused-ring (bicyclic) bond motifs is 5. The molecule has 0 unspecified atom stereocenters. The lowest BCUT2D eigenvalue weighted by Crippen LogP contribution is -2.50. The lowest BCUT2D eigenvalue weighted by atomic mass is 9.54. The summed E-state index contributed by atoms with van der Waals surface area (Å²) in [7, 11) is 0. The molecule has 24 heavy (non-hydrogen) atoms. The van der Waals surface area contributed by atoms with Crippen LogP contribution in [0.1, 0.15) is 56.6 Å². The molecule has 0 aliphatic heterocycles. The van der Waals surface area contributed by atoms with Gasteiger partial charge < -0.3 is 9.84 Å². The van der Waals surface area contributed by atoms with Gasteiger partial charge in [0.1, 0.15) is 17.6 Å². The number of hydrogen-bond acceptors (Lipinski definition) is 4. The number of Topliss-reactive ketones (excluding diaryl/α,β-unsaturated/α-hetero) is 1. The third-order valence-electron chi connectivity index (χ3n) is 6.69. The summed E-state index contributed by atoms with van der Waals surface area (Å²) < 4.78 is 5.72. The maximum absolute atomic E-state index is 12.6. The molecule has 4 heteroatoms. The van der Waals surface area contributed by atoms with Crippen LogP contribution in [0.15, 0.2) is 18.2 Å². The second-order valence-corrected chi connectivity index (χ2v) is 7.95. The Kier molecular flexibility index (Phi) is 3.48. The van der Waals surface area contributed by atoms with Gasteiger partial charge in [-0.15, -0.1) is 0 Å². The van der Waals surface area contributed by atoms with Crippen molar-refractivity contribution in [3.05, 3.63) is 29.3 Å². The van der Waals surface area contributed by atoms with E-state index in [1.807, 2.05) is 12.1 Å². The Morgan fingerprint density at radius 2 is 2.08 bits per heavy atom. The van der Waals surface area contributed by atoms with E-state index in [9.17, 15) is 14.7 Å². The van der Waals surface area contributed by atoms with Gasteiger partial charge in [-0.2, -0.15) is 0 Å². The van der Waals surface area contributed by atoms with Crippen molar-refractivity contribution in [1.82, 2.24) is 0 Å². The molecule has 0 bridgehead atoms. The van der Waals surface area contributed by atoms with E-state index < -0.39 is 0 Å². The standard InChI is InChI=1S/C20H24O4/c1-11(21)24-17-10-20(2)16(7-8-18(20)23)15-5-3-12-9-13(22)4-6-14(12)19(15)17/h4,6,9,15-17,19,22H,3,5,7-8,10H2,1-2H3/t15-,16+,17+,19+,20-/m0/s1. The number of phenolic OH excluding ortho intramolecular Hbond substituents is 1. The molecule has 0 saturated heterocycles. The van der Waals surface area contributed by atoms with E-state index in [1.165, 1.54) is 12.5 Å². The van der Waals surface area contributed by atoms with Crippen molar-refractivity contribution in [3.8, 4) is 5.75 Å². The van der Waals surface area contributed by atoms with Crippen molar-refractivity contribution in [2.45, 2.75) is 58.0 Å². The molecular weight excluding hydrogens is 304 g/mol. The highest BCUT2D eigenvalue weighted by Gasteiger charge is 2.58. The molecule has 2 saturated carbocycles. The average Bonchev–Trinajstić information content (AvgIpc) is 2.81. The van der Waals surface area contributed by atoms with Gasteiger partial charge in [0.2, 0.25) is 0 Å². The van der Waals surface area contributed by atoms with Crippen molar-refractivity contribution in [1.29, 1.82) is 0 Å². The van der Waals surface area contributed by atoms with Crippen LogP contribution in [0.4, 0.5) is 0 Å². The molecule has 128 valence electrons. The van der Waals surface area contributed by atoms with Gasteiger partial charge in [-0.05, 0) is 60.8 Å². The first kappa shape index (κ1) is 15.7. The highest BCUT2D eigenvalue weighted by atomic mass is 16.5. The van der Waals surface area contributed by atoms with Crippen LogP contribution < -0.4 is 0 Å². The number of ketones is 1. The number of carbonyl (C=O) groups is 2. The monoisotopic (exact) mass is 328 g/mol. The first-order valence-corrected chi connectivity index (χ1v) is 8.92. The van der Waals surface area contributed by atoms with Crippen LogP contribution in [-0.2, 0) is 20.7 Å². The Labute approximate surface area is 142 Å². The maximum Gasteiger partial charge on any atom is 0.302 e. The molecule has 0 aromatic heterocycles. The minimum atomic E-state index is -0.351. The zero-order chi connectivity index (χ0) is 17.1. The fourth-order valence-corrected chi connectivity index (χ4v) is 5.72. The second kappa shape index (κ2) is 5.33. The number of rotatable bonds is 1. The molecule has 0 spiro atoms. The summed E-state index contributed by atoms with van der Waals surface area (Å²) in [6.45, 7) is 3.52. The van der Waals surface area contributed by atoms with Gasteiger partial charge in [-0.25, -0.2) is 0 Å². The topological polar surface area (TPSA) is 63.6 Å². The van der Waals surface area contributed by atoms with Crippen LogP contribution >= 0.6 is 0 Å². The SMILES string of the molecule is CC(=O)O[C@@H]1C[C@]2(C)C(=O)CC[C@@H]2[C@@H]2CCc3cc(O)ccc3[C@H]21. The van der Waals surface area contributed by atoms with Gasteiger partial charge in [-0.1, -0.05) is 13.0 Å². The summed E-state index contributed by atoms with van der Waals surface area (Å²) in [4.78, 5) is 24.2. The number of hydrogen-bond donors (Lipinski definition) is 1. The predicted octanol–water partition coefficient (Wildman–Crippen LogP) is 3.36. The lowest BCUT2D eigenvalue weighted by molar-refractivity contribution is -0.158. The van der Waals surface area contributed by atoms with E-state index >= 15 is 0 Å². The summed E-state index contributed by atoms with van der Waals surface area (Å²) in [6, 6.07) is 5.54. The molecule has 0 radical (unpaired) electrons. The molecule has 1 N–H and O–H groups in total. The number of benzene rings is 1. The number of aromatic hydroxyl groups is 1. The smallest absolute Gasteiger partial charge is 0.302 e. The molecule has 4 rings (SSSR count). The molecule has 1 aromatic rings. The van der Waals surface area contributed by atoms with Crippen LogP contribution in [0, 0.1) is 17.3 Å². The zero-order valence-corrected chi connectivity index (χ0v) is 14.2. The molecule has 1 aromatic carbocycles. The summed E-state index contributed by atoms with van der Waals surface area (Å²) in [5.74, 6) is 1.23. The molecule has 5 atom stereocenters. The Bertz CT molecular complexity index is 710. The molecule has 0 amide bonds. The molecule has 3 aliphatic carbocycles. The number of esters is 1. The van der Waals surface area contributed by atoms with Gasteiger partial charge in [-0.3, -0.25) is 9.59 Å². The van der Waals surface area contributed by atoms with E-state index in [4.69, 9.17) is 4.74 Å². The van der Waals surface area contributed by atoms with Gasteiger partial charge in [0, 0.05) is 24.7 Å². The molecule has 0 heterocycles. The summed E-state index contributed by atoms with van der Waals surface area (Å²) in [5, 5.41) is 9.79. The first-order chi connectivity index (χ1) is 11.4. The van der Waals surface area contributed by atoms with Gasteiger partial charge >= 0.3 is 5.97 Å². The van der Waals surface area contributed by atoms with Gasteiger partial charge in [0.25, 0.3) is 0 Å². The quantitative estimate of drug-likeness (QED) is 0.803. The molecule has 3 aliphatic rings. The Morgan fingerprint density at radius 3 is 2.83 bits per heavy atom. The van der Waals surface area contributed by atoms with Crippen LogP contribution in [-0.4, -0.2) is 23.0 Å². The van der Waals surface area contributed by atoms with Crippen molar-refractivity contribution in [3.63, 3.8) is 0 Å². The third kappa shape index (κ3) is 2.19. The van der Waals surface area contributed by atoms with Gasteiger partial charge in [0.15, 0.2) is 0 Å². The van der Waals surface area contributed by atoms with Crippen molar-refractivity contribution >= 4 is 11.8 Å². The van der Waals surface area contributed by atoms with E-state index in [1.54, 1.807) is 6.07 Å². The van der Waals surface area contributed by atoms with E-state index in [0.717, 1.165) is 24.8 Å². The van der Waals surface area contributed by atoms with Crippen molar-refractivity contribution in [2.75, 3.05) is 0 Å². The van der Waals surface area contributed by atoms with E-state index in [2.05, 4.69) is 6.92 Å². The number of ether oxygens (including phenoxy) is 1. The van der Waals surface area contributed by atoms with Gasteiger partial charge in [0.05, 0.1) is 0 Å². The van der Waals surface area contributed by atoms with Crippen LogP contribution in [0.3, 0.4) is 0 Å². The van der Waals surface area contributed by atoms with Crippen LogP contribution in [0.5, 0.6) is 5.75 Å². The Balaban J connectivity index is 1.79. The highest BCUT2D eigenvalue weighted by molar-refractivity contribution is 5.87.